The fourth-order valence-corrected chi connectivity index (χ4v) is 0.187. The maximum Gasteiger partial charge on any atom is 0.181 e. The Kier molecular flexibility index (Phi) is 3.58. The van der Waals surface area contributed by atoms with Crippen molar-refractivity contribution < 1.29 is 0 Å². The van der Waals surface area contributed by atoms with E-state index in [1.54, 1.807) is 7.05 Å². The van der Waals surface area contributed by atoms with Gasteiger partial charge in [0.15, 0.2) is 5.11 Å². The minimum atomic E-state index is 0.475. The molecular formula is C2H8N4S. The lowest BCUT2D eigenvalue weighted by Crippen LogP contribution is -2.46. The Labute approximate surface area is 47.4 Å². The Balaban J connectivity index is 3.00. The van der Waals surface area contributed by atoms with Crippen molar-refractivity contribution in [3.63, 3.8) is 0 Å². The molecule has 0 unspecified atom stereocenters. The molecule has 0 amide bonds. The van der Waals surface area contributed by atoms with Gasteiger partial charge in [0.25, 0.3) is 0 Å². The molecule has 0 fully saturated rings. The minimum Gasteiger partial charge on any atom is -0.365 e. The molecule has 0 atom stereocenters. The predicted octanol–water partition coefficient (Wildman–Crippen LogP) is -1.54. The Morgan fingerprint density at radius 2 is 2.29 bits per heavy atom. The van der Waals surface area contributed by atoms with Crippen LogP contribution in [-0.4, -0.2) is 12.2 Å². The second kappa shape index (κ2) is 3.79. The van der Waals surface area contributed by atoms with Crippen LogP contribution in [-0.2, 0) is 0 Å². The number of nitrogens with two attached hydrogens (primary N) is 1. The van der Waals surface area contributed by atoms with Crippen molar-refractivity contribution in [3.8, 4) is 0 Å². The van der Waals surface area contributed by atoms with Crippen LogP contribution in [0.25, 0.3) is 0 Å². The smallest absolute Gasteiger partial charge is 0.181 e. The van der Waals surface area contributed by atoms with Crippen molar-refractivity contribution in [1.29, 1.82) is 0 Å². The molecule has 42 valence electrons. The molecule has 0 aromatic carbocycles. The first-order valence-corrected chi connectivity index (χ1v) is 2.15. The Morgan fingerprint density at radius 3 is 2.43 bits per heavy atom. The largest absolute Gasteiger partial charge is 0.365 e. The topological polar surface area (TPSA) is 62.1 Å². The van der Waals surface area contributed by atoms with Crippen molar-refractivity contribution in [1.82, 2.24) is 16.3 Å². The van der Waals surface area contributed by atoms with Gasteiger partial charge in [-0.25, -0.2) is 0 Å². The van der Waals surface area contributed by atoms with Crippen LogP contribution in [0.5, 0.6) is 0 Å². The van der Waals surface area contributed by atoms with Crippen molar-refractivity contribution in [2.75, 3.05) is 7.05 Å². The molecule has 0 spiro atoms. The molecule has 0 aliphatic rings. The number of hydrazine groups is 2. The van der Waals surface area contributed by atoms with Crippen LogP contribution in [0.15, 0.2) is 0 Å². The van der Waals surface area contributed by atoms with E-state index in [0.29, 0.717) is 5.11 Å². The van der Waals surface area contributed by atoms with Crippen LogP contribution in [0, 0.1) is 0 Å². The van der Waals surface area contributed by atoms with Gasteiger partial charge < -0.3 is 5.32 Å². The molecule has 0 radical (unpaired) electrons. The van der Waals surface area contributed by atoms with E-state index in [4.69, 9.17) is 5.84 Å². The number of hydrogen-bond donors (Lipinski definition) is 4. The normalized spacial score (nSPS) is 7.71. The third-order valence-electron chi connectivity index (χ3n) is 0.413. The summed E-state index contributed by atoms with van der Waals surface area (Å²) in [5, 5.41) is 3.12. The molecule has 0 aromatic rings. The van der Waals surface area contributed by atoms with Crippen LogP contribution < -0.4 is 22.1 Å². The molecule has 7 heavy (non-hydrogen) atoms. The van der Waals surface area contributed by atoms with E-state index >= 15 is 0 Å². The molecule has 0 saturated carbocycles. The minimum absolute atomic E-state index is 0.475. The van der Waals surface area contributed by atoms with Crippen LogP contribution in [0.2, 0.25) is 0 Å². The Morgan fingerprint density at radius 1 is 1.71 bits per heavy atom. The Bertz CT molecular complexity index is 62.7. The van der Waals surface area contributed by atoms with Crippen LogP contribution >= 0.6 is 12.2 Å². The van der Waals surface area contributed by atoms with Gasteiger partial charge in [0.1, 0.15) is 0 Å². The highest BCUT2D eigenvalue weighted by molar-refractivity contribution is 7.80. The highest BCUT2D eigenvalue weighted by Gasteiger charge is 1.80. The fraction of sp³-hybridized carbons (Fsp3) is 0.500. The van der Waals surface area contributed by atoms with E-state index in [1.165, 1.54) is 0 Å². The van der Waals surface area contributed by atoms with E-state index in [1.807, 2.05) is 0 Å². The quantitative estimate of drug-likeness (QED) is 0.192. The lowest BCUT2D eigenvalue weighted by molar-refractivity contribution is 0.689. The SMILES string of the molecule is CNC(=S)NNN. The lowest BCUT2D eigenvalue weighted by Gasteiger charge is -2.01. The predicted molar refractivity (Wildman–Crippen MR) is 32.1 cm³/mol. The summed E-state index contributed by atoms with van der Waals surface area (Å²) in [5.41, 5.74) is 4.61. The van der Waals surface area contributed by atoms with Gasteiger partial charge in [-0.15, -0.1) is 0 Å². The fourth-order valence-electron chi connectivity index (χ4n) is 0.128. The molecular weight excluding hydrogens is 112 g/mol. The van der Waals surface area contributed by atoms with E-state index in [-0.39, 0.29) is 0 Å². The van der Waals surface area contributed by atoms with Gasteiger partial charge in [-0.1, -0.05) is 0 Å². The van der Waals surface area contributed by atoms with Gasteiger partial charge in [-0.05, 0) is 12.2 Å². The van der Waals surface area contributed by atoms with Crippen molar-refractivity contribution >= 4 is 17.3 Å². The summed E-state index contributed by atoms with van der Waals surface area (Å²) in [7, 11) is 1.70. The van der Waals surface area contributed by atoms with Gasteiger partial charge in [0, 0.05) is 7.05 Å². The summed E-state index contributed by atoms with van der Waals surface area (Å²) >= 11 is 4.59. The van der Waals surface area contributed by atoms with Gasteiger partial charge in [0.2, 0.25) is 0 Å². The molecule has 4 nitrogen and oxygen atoms in total. The first-order chi connectivity index (χ1) is 3.31. The van der Waals surface area contributed by atoms with Crippen molar-refractivity contribution in [2.45, 2.75) is 0 Å². The number of thiocarbonyl (C=S) groups is 1. The van der Waals surface area contributed by atoms with Gasteiger partial charge >= 0.3 is 0 Å². The zero-order valence-corrected chi connectivity index (χ0v) is 4.80. The third kappa shape index (κ3) is 3.44. The molecule has 5 heteroatoms. The second-order valence-electron chi connectivity index (χ2n) is 0.848. The van der Waals surface area contributed by atoms with Crippen molar-refractivity contribution in [3.05, 3.63) is 0 Å². The van der Waals surface area contributed by atoms with E-state index < -0.39 is 0 Å². The monoisotopic (exact) mass is 120 g/mol. The molecule has 0 saturated heterocycles. The second-order valence-corrected chi connectivity index (χ2v) is 1.26. The zero-order valence-electron chi connectivity index (χ0n) is 3.99. The first-order valence-electron chi connectivity index (χ1n) is 1.74. The maximum atomic E-state index is 4.82. The number of rotatable bonds is 1. The first kappa shape index (κ1) is 6.61. The molecule has 0 aromatic heterocycles. The summed E-state index contributed by atoms with van der Waals surface area (Å²) < 4.78 is 0. The number of hydrogen-bond acceptors (Lipinski definition) is 3. The molecule has 0 aliphatic heterocycles. The summed E-state index contributed by atoms with van der Waals surface area (Å²) in [6.45, 7) is 0. The average molecular weight is 120 g/mol. The van der Waals surface area contributed by atoms with Gasteiger partial charge in [-0.3, -0.25) is 11.3 Å². The molecule has 5 N–H and O–H groups in total. The van der Waals surface area contributed by atoms with Gasteiger partial charge in [-0.2, -0.15) is 5.53 Å². The molecule has 0 rings (SSSR count). The van der Waals surface area contributed by atoms with E-state index in [9.17, 15) is 0 Å². The summed E-state index contributed by atoms with van der Waals surface area (Å²) in [5.74, 6) is 4.82. The van der Waals surface area contributed by atoms with Crippen LogP contribution in [0.3, 0.4) is 0 Å². The van der Waals surface area contributed by atoms with Crippen molar-refractivity contribution in [2.24, 2.45) is 5.84 Å². The summed E-state index contributed by atoms with van der Waals surface area (Å²) in [4.78, 5) is 0. The maximum absolute atomic E-state index is 4.82. The average Bonchev–Trinajstić information content (AvgIpc) is 1.68. The van der Waals surface area contributed by atoms with Crippen LogP contribution in [0.4, 0.5) is 0 Å². The highest BCUT2D eigenvalue weighted by Crippen LogP contribution is 1.51. The number of nitrogens with one attached hydrogen (secondary N) is 3. The van der Waals surface area contributed by atoms with Gasteiger partial charge in [0.05, 0.1) is 0 Å². The highest BCUT2D eigenvalue weighted by atomic mass is 32.1. The molecule has 0 heterocycles. The standard InChI is InChI=1S/C2H8N4S/c1-4-2(7)5-6-3/h6H,3H2,1H3,(H2,4,5,7). The van der Waals surface area contributed by atoms with E-state index in [0.717, 1.165) is 0 Å². The summed E-state index contributed by atoms with van der Waals surface area (Å²) in [6, 6.07) is 0. The zero-order chi connectivity index (χ0) is 5.70. The third-order valence-corrected chi connectivity index (χ3v) is 0.719. The molecule has 0 aliphatic carbocycles. The molecule has 0 bridgehead atoms. The Hall–Kier alpha value is -0.390. The van der Waals surface area contributed by atoms with Crippen LogP contribution in [0.1, 0.15) is 0 Å². The summed E-state index contributed by atoms with van der Waals surface area (Å²) in [6.07, 6.45) is 0. The van der Waals surface area contributed by atoms with E-state index in [2.05, 4.69) is 28.5 Å². The lowest BCUT2D eigenvalue weighted by atomic mass is 11.1.